The van der Waals surface area contributed by atoms with Crippen molar-refractivity contribution in [2.75, 3.05) is 0 Å². The first-order valence-corrected chi connectivity index (χ1v) is 8.30. The number of aryl methyl sites for hydroxylation is 1. The van der Waals surface area contributed by atoms with E-state index in [1.807, 2.05) is 48.0 Å². The Bertz CT molecular complexity index is 834. The second-order valence-electron chi connectivity index (χ2n) is 5.12. The molecule has 3 aromatic rings. The molecule has 0 unspecified atom stereocenters. The molecular formula is C15H15N2O3P. The molecule has 0 atom stereocenters. The summed E-state index contributed by atoms with van der Waals surface area (Å²) >= 11 is 0. The molecule has 0 radical (unpaired) electrons. The molecule has 0 saturated carbocycles. The van der Waals surface area contributed by atoms with Crippen molar-refractivity contribution in [1.82, 2.24) is 9.38 Å². The van der Waals surface area contributed by atoms with Gasteiger partial charge in [0, 0.05) is 18.0 Å². The Morgan fingerprint density at radius 2 is 1.81 bits per heavy atom. The molecule has 2 heterocycles. The molecule has 0 saturated heterocycles. The first-order valence-electron chi connectivity index (χ1n) is 6.50. The van der Waals surface area contributed by atoms with E-state index >= 15 is 0 Å². The second-order valence-corrected chi connectivity index (χ2v) is 6.76. The molecule has 6 heteroatoms. The number of benzene rings is 1. The molecule has 1 aromatic carbocycles. The van der Waals surface area contributed by atoms with Crippen LogP contribution in [0.5, 0.6) is 0 Å². The SMILES string of the molecule is Cc1ccc2nc(-c3ccc(CP(=O)(O)O)cc3)cn2c1. The van der Waals surface area contributed by atoms with Gasteiger partial charge in [-0.2, -0.15) is 0 Å². The van der Waals surface area contributed by atoms with Crippen molar-refractivity contribution < 1.29 is 14.4 Å². The summed E-state index contributed by atoms with van der Waals surface area (Å²) in [5.41, 5.74) is 4.40. The topological polar surface area (TPSA) is 74.8 Å². The molecule has 3 rings (SSSR count). The molecule has 0 fully saturated rings. The number of hydrogen-bond acceptors (Lipinski definition) is 2. The van der Waals surface area contributed by atoms with Gasteiger partial charge in [0.25, 0.3) is 0 Å². The maximum absolute atomic E-state index is 11.0. The van der Waals surface area contributed by atoms with E-state index in [-0.39, 0.29) is 6.16 Å². The summed E-state index contributed by atoms with van der Waals surface area (Å²) in [6.45, 7) is 2.02. The van der Waals surface area contributed by atoms with Crippen LogP contribution in [0, 0.1) is 6.92 Å². The first kappa shape index (κ1) is 14.0. The van der Waals surface area contributed by atoms with Crippen LogP contribution in [-0.4, -0.2) is 19.2 Å². The van der Waals surface area contributed by atoms with Crippen LogP contribution in [0.3, 0.4) is 0 Å². The van der Waals surface area contributed by atoms with Gasteiger partial charge < -0.3 is 14.2 Å². The minimum atomic E-state index is -4.02. The van der Waals surface area contributed by atoms with Crippen molar-refractivity contribution >= 4 is 13.2 Å². The van der Waals surface area contributed by atoms with Crippen molar-refractivity contribution in [3.63, 3.8) is 0 Å². The monoisotopic (exact) mass is 302 g/mol. The standard InChI is InChI=1S/C15H15N2O3P/c1-11-2-7-15-16-14(9-17(15)8-11)13-5-3-12(4-6-13)10-21(18,19)20/h2-9H,10H2,1H3,(H2,18,19,20). The van der Waals surface area contributed by atoms with Crippen LogP contribution in [0.1, 0.15) is 11.1 Å². The van der Waals surface area contributed by atoms with Crippen molar-refractivity contribution in [2.24, 2.45) is 0 Å². The zero-order valence-corrected chi connectivity index (χ0v) is 12.4. The lowest BCUT2D eigenvalue weighted by Crippen LogP contribution is -1.87. The molecule has 0 spiro atoms. The van der Waals surface area contributed by atoms with Crippen LogP contribution in [0.15, 0.2) is 48.8 Å². The Hall–Kier alpha value is -1.94. The summed E-state index contributed by atoms with van der Waals surface area (Å²) in [5.74, 6) is 0. The number of imidazole rings is 1. The Morgan fingerprint density at radius 1 is 1.10 bits per heavy atom. The average molecular weight is 302 g/mol. The van der Waals surface area contributed by atoms with Gasteiger partial charge in [0.15, 0.2) is 0 Å². The van der Waals surface area contributed by atoms with Crippen LogP contribution in [0.4, 0.5) is 0 Å². The lowest BCUT2D eigenvalue weighted by molar-refractivity contribution is 0.371. The molecule has 0 aliphatic heterocycles. The minimum Gasteiger partial charge on any atom is -0.324 e. The summed E-state index contributed by atoms with van der Waals surface area (Å²) in [5, 5.41) is 0. The van der Waals surface area contributed by atoms with Crippen LogP contribution >= 0.6 is 7.60 Å². The number of aromatic nitrogens is 2. The zero-order valence-electron chi connectivity index (χ0n) is 11.5. The van der Waals surface area contributed by atoms with E-state index in [2.05, 4.69) is 4.98 Å². The highest BCUT2D eigenvalue weighted by Crippen LogP contribution is 2.39. The van der Waals surface area contributed by atoms with E-state index in [4.69, 9.17) is 9.79 Å². The maximum atomic E-state index is 11.0. The summed E-state index contributed by atoms with van der Waals surface area (Å²) < 4.78 is 13.0. The summed E-state index contributed by atoms with van der Waals surface area (Å²) in [7, 11) is -4.02. The molecule has 2 aromatic heterocycles. The molecule has 0 aliphatic rings. The van der Waals surface area contributed by atoms with E-state index in [0.717, 1.165) is 22.5 Å². The van der Waals surface area contributed by atoms with E-state index in [1.54, 1.807) is 12.1 Å². The van der Waals surface area contributed by atoms with Crippen molar-refractivity contribution in [3.05, 3.63) is 59.9 Å². The first-order chi connectivity index (χ1) is 9.90. The van der Waals surface area contributed by atoms with Gasteiger partial charge in [-0.3, -0.25) is 4.57 Å². The van der Waals surface area contributed by atoms with E-state index in [1.165, 1.54) is 0 Å². The molecule has 5 nitrogen and oxygen atoms in total. The molecule has 21 heavy (non-hydrogen) atoms. The second kappa shape index (κ2) is 5.11. The van der Waals surface area contributed by atoms with Gasteiger partial charge in [-0.05, 0) is 24.1 Å². The summed E-state index contributed by atoms with van der Waals surface area (Å²) in [4.78, 5) is 22.5. The highest BCUT2D eigenvalue weighted by atomic mass is 31.2. The number of nitrogens with zero attached hydrogens (tertiary/aromatic N) is 2. The van der Waals surface area contributed by atoms with E-state index < -0.39 is 7.60 Å². The van der Waals surface area contributed by atoms with E-state index in [0.29, 0.717) is 5.56 Å². The lowest BCUT2D eigenvalue weighted by atomic mass is 10.1. The third kappa shape index (κ3) is 3.22. The number of hydrogen-bond donors (Lipinski definition) is 2. The van der Waals surface area contributed by atoms with Crippen LogP contribution < -0.4 is 0 Å². The fraction of sp³-hybridized carbons (Fsp3) is 0.133. The molecule has 108 valence electrons. The number of fused-ring (bicyclic) bond motifs is 1. The average Bonchev–Trinajstić information content (AvgIpc) is 2.80. The van der Waals surface area contributed by atoms with Crippen LogP contribution in [0.2, 0.25) is 0 Å². The number of rotatable bonds is 3. The third-order valence-corrected chi connectivity index (χ3v) is 4.01. The van der Waals surface area contributed by atoms with Gasteiger partial charge in [0.2, 0.25) is 0 Å². The Morgan fingerprint density at radius 3 is 2.48 bits per heavy atom. The van der Waals surface area contributed by atoms with Crippen molar-refractivity contribution in [3.8, 4) is 11.3 Å². The molecular weight excluding hydrogens is 287 g/mol. The smallest absolute Gasteiger partial charge is 0.324 e. The van der Waals surface area contributed by atoms with Crippen LogP contribution in [-0.2, 0) is 10.7 Å². The molecule has 0 amide bonds. The Labute approximate surface area is 122 Å². The molecule has 2 N–H and O–H groups in total. The minimum absolute atomic E-state index is 0.238. The maximum Gasteiger partial charge on any atom is 0.329 e. The summed E-state index contributed by atoms with van der Waals surface area (Å²) in [6.07, 6.45) is 3.71. The van der Waals surface area contributed by atoms with Gasteiger partial charge in [0.1, 0.15) is 5.65 Å². The van der Waals surface area contributed by atoms with Gasteiger partial charge in [0.05, 0.1) is 11.9 Å². The van der Waals surface area contributed by atoms with Gasteiger partial charge in [-0.15, -0.1) is 0 Å². The van der Waals surface area contributed by atoms with Crippen molar-refractivity contribution in [2.45, 2.75) is 13.1 Å². The predicted molar refractivity (Wildman–Crippen MR) is 81.1 cm³/mol. The van der Waals surface area contributed by atoms with Gasteiger partial charge in [-0.25, -0.2) is 4.98 Å². The zero-order chi connectivity index (χ0) is 15.0. The van der Waals surface area contributed by atoms with Crippen LogP contribution in [0.25, 0.3) is 16.9 Å². The van der Waals surface area contributed by atoms with Gasteiger partial charge in [-0.1, -0.05) is 30.3 Å². The quantitative estimate of drug-likeness (QED) is 0.729. The Balaban J connectivity index is 1.93. The highest BCUT2D eigenvalue weighted by Gasteiger charge is 2.14. The number of pyridine rings is 1. The predicted octanol–water partition coefficient (Wildman–Crippen LogP) is 2.99. The molecule has 0 aliphatic carbocycles. The third-order valence-electron chi connectivity index (χ3n) is 3.24. The fourth-order valence-corrected chi connectivity index (χ4v) is 2.95. The largest absolute Gasteiger partial charge is 0.329 e. The Kier molecular flexibility index (Phi) is 3.41. The normalized spacial score (nSPS) is 12.0. The van der Waals surface area contributed by atoms with Crippen molar-refractivity contribution in [1.29, 1.82) is 0 Å². The summed E-state index contributed by atoms with van der Waals surface area (Å²) in [6, 6.07) is 11.1. The van der Waals surface area contributed by atoms with Gasteiger partial charge >= 0.3 is 7.60 Å². The highest BCUT2D eigenvalue weighted by molar-refractivity contribution is 7.50. The fourth-order valence-electron chi connectivity index (χ4n) is 2.26. The van der Waals surface area contributed by atoms with E-state index in [9.17, 15) is 4.57 Å². The lowest BCUT2D eigenvalue weighted by Gasteiger charge is -2.04. The molecule has 0 bridgehead atoms.